The largest absolute Gasteiger partial charge is 0.452 e. The van der Waals surface area contributed by atoms with Crippen molar-refractivity contribution < 1.29 is 19.1 Å². The van der Waals surface area contributed by atoms with Gasteiger partial charge in [0.2, 0.25) is 5.91 Å². The molecule has 3 rings (SSSR count). The van der Waals surface area contributed by atoms with Crippen LogP contribution < -0.4 is 5.32 Å². The third-order valence-corrected chi connectivity index (χ3v) is 3.54. The highest BCUT2D eigenvalue weighted by atomic mass is 16.5. The predicted molar refractivity (Wildman–Crippen MR) is 94.9 cm³/mol. The summed E-state index contributed by atoms with van der Waals surface area (Å²) in [6.45, 7) is -0.555. The minimum atomic E-state index is -0.708. The van der Waals surface area contributed by atoms with Crippen LogP contribution in [0.25, 0.3) is 5.82 Å². The maximum atomic E-state index is 12.0. The number of imide groups is 1. The minimum absolute atomic E-state index is 0.0688. The van der Waals surface area contributed by atoms with Crippen molar-refractivity contribution in [2.75, 3.05) is 6.61 Å². The monoisotopic (exact) mass is 364 g/mol. The van der Waals surface area contributed by atoms with Crippen molar-refractivity contribution in [3.8, 4) is 5.82 Å². The lowest BCUT2D eigenvalue weighted by molar-refractivity contribution is -0.132. The Hall–Kier alpha value is -3.81. The third kappa shape index (κ3) is 5.08. The first-order valence-electron chi connectivity index (χ1n) is 8.11. The Morgan fingerprint density at radius 2 is 1.81 bits per heavy atom. The maximum Gasteiger partial charge on any atom is 0.340 e. The molecule has 0 aliphatic carbocycles. The molecule has 1 N–H and O–H groups in total. The molecule has 0 spiro atoms. The molecule has 2 heterocycles. The molecule has 8 heteroatoms. The van der Waals surface area contributed by atoms with E-state index in [0.29, 0.717) is 5.82 Å². The molecule has 0 saturated heterocycles. The molecule has 0 atom stereocenters. The highest BCUT2D eigenvalue weighted by Crippen LogP contribution is 2.06. The lowest BCUT2D eigenvalue weighted by Gasteiger charge is -2.06. The molecule has 3 aromatic rings. The minimum Gasteiger partial charge on any atom is -0.452 e. The molecule has 2 aromatic heterocycles. The van der Waals surface area contributed by atoms with E-state index in [-0.39, 0.29) is 12.0 Å². The summed E-state index contributed by atoms with van der Waals surface area (Å²) >= 11 is 0. The number of hydrogen-bond donors (Lipinski definition) is 1. The summed E-state index contributed by atoms with van der Waals surface area (Å²) in [5, 5.41) is 6.21. The highest BCUT2D eigenvalue weighted by Gasteiger charge is 2.13. The van der Waals surface area contributed by atoms with Crippen LogP contribution in [0.1, 0.15) is 15.9 Å². The highest BCUT2D eigenvalue weighted by molar-refractivity contribution is 5.98. The van der Waals surface area contributed by atoms with E-state index in [0.717, 1.165) is 5.56 Å². The Balaban J connectivity index is 1.47. The van der Waals surface area contributed by atoms with Gasteiger partial charge in [-0.2, -0.15) is 5.10 Å². The number of carbonyl (C=O) groups is 3. The lowest BCUT2D eigenvalue weighted by atomic mass is 10.1. The fourth-order valence-corrected chi connectivity index (χ4v) is 2.28. The van der Waals surface area contributed by atoms with E-state index in [9.17, 15) is 14.4 Å². The molecule has 0 bridgehead atoms. The molecule has 27 heavy (non-hydrogen) atoms. The molecular weight excluding hydrogens is 348 g/mol. The van der Waals surface area contributed by atoms with E-state index in [1.807, 2.05) is 6.07 Å². The van der Waals surface area contributed by atoms with Crippen LogP contribution in [0.3, 0.4) is 0 Å². The van der Waals surface area contributed by atoms with E-state index in [2.05, 4.69) is 15.4 Å². The SMILES string of the molecule is O=C(COC(=O)c1ccc(-n2cccn2)nc1)NC(=O)Cc1ccccc1. The van der Waals surface area contributed by atoms with E-state index in [1.54, 1.807) is 53.5 Å². The number of amides is 2. The summed E-state index contributed by atoms with van der Waals surface area (Å²) in [6, 6.07) is 13.9. The van der Waals surface area contributed by atoms with E-state index < -0.39 is 24.4 Å². The van der Waals surface area contributed by atoms with Gasteiger partial charge in [-0.15, -0.1) is 0 Å². The normalized spacial score (nSPS) is 10.2. The number of aromatic nitrogens is 3. The molecule has 1 aromatic carbocycles. The van der Waals surface area contributed by atoms with Crippen molar-refractivity contribution in [2.45, 2.75) is 6.42 Å². The fourth-order valence-electron chi connectivity index (χ4n) is 2.28. The molecule has 8 nitrogen and oxygen atoms in total. The summed E-state index contributed by atoms with van der Waals surface area (Å²) < 4.78 is 6.45. The van der Waals surface area contributed by atoms with E-state index >= 15 is 0 Å². The van der Waals surface area contributed by atoms with Crippen molar-refractivity contribution in [3.05, 3.63) is 78.2 Å². The first-order chi connectivity index (χ1) is 13.1. The standard InChI is InChI=1S/C19H16N4O4/c24-17(11-14-5-2-1-3-6-14)22-18(25)13-27-19(26)15-7-8-16(20-12-15)23-10-4-9-21-23/h1-10,12H,11,13H2,(H,22,24,25). The number of nitrogens with one attached hydrogen (secondary N) is 1. The number of benzene rings is 1. The van der Waals surface area contributed by atoms with Crippen LogP contribution in [0.15, 0.2) is 67.1 Å². The quantitative estimate of drug-likeness (QED) is 0.662. The Morgan fingerprint density at radius 1 is 1.00 bits per heavy atom. The second-order valence-corrected chi connectivity index (χ2v) is 5.57. The van der Waals surface area contributed by atoms with Gasteiger partial charge in [0.05, 0.1) is 12.0 Å². The van der Waals surface area contributed by atoms with Gasteiger partial charge in [-0.05, 0) is 23.8 Å². The second-order valence-electron chi connectivity index (χ2n) is 5.57. The summed E-state index contributed by atoms with van der Waals surface area (Å²) in [5.41, 5.74) is 0.970. The van der Waals surface area contributed by atoms with Crippen molar-refractivity contribution >= 4 is 17.8 Å². The Kier molecular flexibility index (Phi) is 5.68. The van der Waals surface area contributed by atoms with Gasteiger partial charge < -0.3 is 4.74 Å². The zero-order valence-electron chi connectivity index (χ0n) is 14.2. The van der Waals surface area contributed by atoms with Crippen LogP contribution in [0, 0.1) is 0 Å². The average molecular weight is 364 g/mol. The third-order valence-electron chi connectivity index (χ3n) is 3.54. The first kappa shape index (κ1) is 18.0. The zero-order chi connectivity index (χ0) is 19.1. The van der Waals surface area contributed by atoms with Gasteiger partial charge in [0.15, 0.2) is 12.4 Å². The van der Waals surface area contributed by atoms with Gasteiger partial charge >= 0.3 is 5.97 Å². The van der Waals surface area contributed by atoms with Crippen LogP contribution in [-0.2, 0) is 20.7 Å². The number of pyridine rings is 1. The summed E-state index contributed by atoms with van der Waals surface area (Å²) in [6.07, 6.45) is 4.73. The summed E-state index contributed by atoms with van der Waals surface area (Å²) in [5.74, 6) is -1.32. The Bertz CT molecular complexity index is 922. The van der Waals surface area contributed by atoms with Gasteiger partial charge in [0, 0.05) is 18.6 Å². The summed E-state index contributed by atoms with van der Waals surface area (Å²) in [7, 11) is 0. The second kappa shape index (κ2) is 8.52. The summed E-state index contributed by atoms with van der Waals surface area (Å²) in [4.78, 5) is 39.6. The number of esters is 1. The van der Waals surface area contributed by atoms with Crippen LogP contribution in [-0.4, -0.2) is 39.2 Å². The van der Waals surface area contributed by atoms with Crippen molar-refractivity contribution in [3.63, 3.8) is 0 Å². The van der Waals surface area contributed by atoms with Crippen molar-refractivity contribution in [1.29, 1.82) is 0 Å². The fraction of sp³-hybridized carbons (Fsp3) is 0.105. The molecule has 0 fully saturated rings. The number of ether oxygens (including phenoxy) is 1. The van der Waals surface area contributed by atoms with Gasteiger partial charge in [-0.25, -0.2) is 14.5 Å². The van der Waals surface area contributed by atoms with Crippen LogP contribution in [0.5, 0.6) is 0 Å². The van der Waals surface area contributed by atoms with Crippen molar-refractivity contribution in [1.82, 2.24) is 20.1 Å². The molecule has 136 valence electrons. The molecule has 0 saturated carbocycles. The average Bonchev–Trinajstić information content (AvgIpc) is 3.22. The van der Waals surface area contributed by atoms with Crippen LogP contribution in [0.4, 0.5) is 0 Å². The molecule has 0 aliphatic heterocycles. The van der Waals surface area contributed by atoms with Gasteiger partial charge in [0.25, 0.3) is 5.91 Å². The van der Waals surface area contributed by atoms with E-state index in [4.69, 9.17) is 4.74 Å². The van der Waals surface area contributed by atoms with Crippen molar-refractivity contribution in [2.24, 2.45) is 0 Å². The molecule has 0 radical (unpaired) electrons. The van der Waals surface area contributed by atoms with Gasteiger partial charge in [0.1, 0.15) is 0 Å². The van der Waals surface area contributed by atoms with Crippen LogP contribution >= 0.6 is 0 Å². The first-order valence-corrected chi connectivity index (χ1v) is 8.11. The Morgan fingerprint density at radius 3 is 2.48 bits per heavy atom. The Labute approximate surface area is 154 Å². The smallest absolute Gasteiger partial charge is 0.340 e. The molecule has 0 unspecified atom stereocenters. The number of nitrogens with zero attached hydrogens (tertiary/aromatic N) is 3. The topological polar surface area (TPSA) is 103 Å². The maximum absolute atomic E-state index is 12.0. The lowest BCUT2D eigenvalue weighted by Crippen LogP contribution is -2.35. The molecule has 2 amide bonds. The number of hydrogen-bond acceptors (Lipinski definition) is 6. The number of rotatable bonds is 6. The molecular formula is C19H16N4O4. The number of carbonyl (C=O) groups excluding carboxylic acids is 3. The predicted octanol–water partition coefficient (Wildman–Crippen LogP) is 1.31. The van der Waals surface area contributed by atoms with Gasteiger partial charge in [-0.1, -0.05) is 30.3 Å². The zero-order valence-corrected chi connectivity index (χ0v) is 14.2. The van der Waals surface area contributed by atoms with Gasteiger partial charge in [-0.3, -0.25) is 14.9 Å². The molecule has 0 aliphatic rings. The van der Waals surface area contributed by atoms with Crippen LogP contribution in [0.2, 0.25) is 0 Å². The van der Waals surface area contributed by atoms with E-state index in [1.165, 1.54) is 12.3 Å².